The highest BCUT2D eigenvalue weighted by Gasteiger charge is 2.18. The number of hydrogen-bond acceptors (Lipinski definition) is 3. The first-order valence-electron chi connectivity index (χ1n) is 5.40. The minimum Gasteiger partial charge on any atom is -0.507 e. The summed E-state index contributed by atoms with van der Waals surface area (Å²) in [5.74, 6) is -0.557. The summed E-state index contributed by atoms with van der Waals surface area (Å²) in [6.07, 6.45) is 0.597. The summed E-state index contributed by atoms with van der Waals surface area (Å²) in [7, 11) is 0. The number of rotatable bonds is 5. The van der Waals surface area contributed by atoms with Gasteiger partial charge >= 0.3 is 0 Å². The van der Waals surface area contributed by atoms with Crippen molar-refractivity contribution in [3.05, 3.63) is 29.8 Å². The number of ketones is 2. The molecule has 0 amide bonds. The Morgan fingerprint density at radius 2 is 1.94 bits per heavy atom. The molecule has 1 aromatic rings. The summed E-state index contributed by atoms with van der Waals surface area (Å²) in [4.78, 5) is 23.3. The number of Topliss-reactive ketones (excluding diaryl/α,β-unsaturated/α-hetero) is 2. The van der Waals surface area contributed by atoms with E-state index in [1.165, 1.54) is 12.1 Å². The van der Waals surface area contributed by atoms with Gasteiger partial charge in [0.2, 0.25) is 0 Å². The van der Waals surface area contributed by atoms with Crippen molar-refractivity contribution in [3.63, 3.8) is 0 Å². The SMILES string of the molecule is CCC(C)C(=O)CC(=O)c1ccccc1O. The van der Waals surface area contributed by atoms with E-state index >= 15 is 0 Å². The monoisotopic (exact) mass is 220 g/mol. The lowest BCUT2D eigenvalue weighted by molar-refractivity contribution is -0.121. The van der Waals surface area contributed by atoms with Gasteiger partial charge < -0.3 is 5.11 Å². The Hall–Kier alpha value is -1.64. The lowest BCUT2D eigenvalue weighted by atomic mass is 9.96. The van der Waals surface area contributed by atoms with Gasteiger partial charge in [0.05, 0.1) is 12.0 Å². The van der Waals surface area contributed by atoms with Gasteiger partial charge in [0, 0.05) is 5.92 Å². The first-order chi connectivity index (χ1) is 7.56. The van der Waals surface area contributed by atoms with Gasteiger partial charge in [-0.05, 0) is 18.6 Å². The van der Waals surface area contributed by atoms with Gasteiger partial charge in [0.25, 0.3) is 0 Å². The van der Waals surface area contributed by atoms with Crippen LogP contribution in [0.1, 0.15) is 37.0 Å². The molecule has 0 saturated carbocycles. The van der Waals surface area contributed by atoms with Crippen LogP contribution in [0.25, 0.3) is 0 Å². The molecule has 0 heterocycles. The number of phenolic OH excluding ortho intramolecular Hbond substituents is 1. The molecule has 0 fully saturated rings. The quantitative estimate of drug-likeness (QED) is 0.613. The minimum absolute atomic E-state index is 0.0653. The van der Waals surface area contributed by atoms with E-state index in [0.717, 1.165) is 6.42 Å². The summed E-state index contributed by atoms with van der Waals surface area (Å²) < 4.78 is 0. The molecule has 0 spiro atoms. The van der Waals surface area contributed by atoms with Crippen LogP contribution in [0.5, 0.6) is 5.75 Å². The molecule has 3 heteroatoms. The van der Waals surface area contributed by atoms with Crippen LogP contribution in [0.4, 0.5) is 0 Å². The van der Waals surface area contributed by atoms with Crippen LogP contribution >= 0.6 is 0 Å². The number of benzene rings is 1. The van der Waals surface area contributed by atoms with Crippen molar-refractivity contribution < 1.29 is 14.7 Å². The van der Waals surface area contributed by atoms with Crippen LogP contribution in [0.3, 0.4) is 0 Å². The van der Waals surface area contributed by atoms with Crippen molar-refractivity contribution >= 4 is 11.6 Å². The third-order valence-electron chi connectivity index (χ3n) is 2.70. The van der Waals surface area contributed by atoms with Crippen LogP contribution in [0.2, 0.25) is 0 Å². The number of carbonyl (C=O) groups is 2. The molecule has 1 unspecified atom stereocenters. The fraction of sp³-hybridized carbons (Fsp3) is 0.385. The van der Waals surface area contributed by atoms with Crippen molar-refractivity contribution in [2.24, 2.45) is 5.92 Å². The molecule has 0 aliphatic heterocycles. The van der Waals surface area contributed by atoms with Gasteiger partial charge in [-0.1, -0.05) is 26.0 Å². The van der Waals surface area contributed by atoms with Crippen LogP contribution in [-0.2, 0) is 4.79 Å². The van der Waals surface area contributed by atoms with Gasteiger partial charge in [0.1, 0.15) is 11.5 Å². The van der Waals surface area contributed by atoms with Crippen molar-refractivity contribution in [1.82, 2.24) is 0 Å². The third-order valence-corrected chi connectivity index (χ3v) is 2.70. The van der Waals surface area contributed by atoms with E-state index < -0.39 is 0 Å². The van der Waals surface area contributed by atoms with E-state index in [-0.39, 0.29) is 35.2 Å². The average Bonchev–Trinajstić information content (AvgIpc) is 2.28. The van der Waals surface area contributed by atoms with Crippen LogP contribution in [-0.4, -0.2) is 16.7 Å². The predicted molar refractivity (Wildman–Crippen MR) is 61.5 cm³/mol. The summed E-state index contributed by atoms with van der Waals surface area (Å²) in [5, 5.41) is 9.46. The molecule has 86 valence electrons. The van der Waals surface area contributed by atoms with Crippen molar-refractivity contribution in [2.75, 3.05) is 0 Å². The van der Waals surface area contributed by atoms with Crippen molar-refractivity contribution in [1.29, 1.82) is 0 Å². The Labute approximate surface area is 95.1 Å². The maximum absolute atomic E-state index is 11.7. The standard InChI is InChI=1S/C13H16O3/c1-3-9(2)12(15)8-13(16)10-6-4-5-7-11(10)14/h4-7,9,14H,3,8H2,1-2H3. The normalized spacial score (nSPS) is 12.1. The van der Waals surface area contributed by atoms with Gasteiger partial charge in [0.15, 0.2) is 5.78 Å². The van der Waals surface area contributed by atoms with Crippen molar-refractivity contribution in [3.8, 4) is 5.75 Å². The van der Waals surface area contributed by atoms with Crippen LogP contribution < -0.4 is 0 Å². The average molecular weight is 220 g/mol. The molecule has 0 radical (unpaired) electrons. The van der Waals surface area contributed by atoms with Gasteiger partial charge in [-0.3, -0.25) is 9.59 Å². The zero-order valence-corrected chi connectivity index (χ0v) is 9.56. The summed E-state index contributed by atoms with van der Waals surface area (Å²) >= 11 is 0. The Balaban J connectivity index is 2.74. The molecular formula is C13H16O3. The maximum Gasteiger partial charge on any atom is 0.173 e. The van der Waals surface area contributed by atoms with Crippen LogP contribution in [0, 0.1) is 5.92 Å². The Morgan fingerprint density at radius 3 is 2.50 bits per heavy atom. The maximum atomic E-state index is 11.7. The predicted octanol–water partition coefficient (Wildman–Crippen LogP) is 2.58. The molecule has 0 saturated heterocycles. The highest BCUT2D eigenvalue weighted by atomic mass is 16.3. The molecule has 1 atom stereocenters. The third kappa shape index (κ3) is 2.92. The fourth-order valence-electron chi connectivity index (χ4n) is 1.36. The molecule has 1 N–H and O–H groups in total. The van der Waals surface area contributed by atoms with E-state index in [2.05, 4.69) is 0 Å². The number of aromatic hydroxyl groups is 1. The van der Waals surface area contributed by atoms with E-state index in [9.17, 15) is 14.7 Å². The molecule has 0 bridgehead atoms. The van der Waals surface area contributed by atoms with Gasteiger partial charge in [-0.25, -0.2) is 0 Å². The van der Waals surface area contributed by atoms with E-state index in [0.29, 0.717) is 0 Å². The zero-order chi connectivity index (χ0) is 12.1. The van der Waals surface area contributed by atoms with Gasteiger partial charge in [-0.15, -0.1) is 0 Å². The van der Waals surface area contributed by atoms with E-state index in [1.54, 1.807) is 19.1 Å². The summed E-state index contributed by atoms with van der Waals surface area (Å²) in [5.41, 5.74) is 0.221. The zero-order valence-electron chi connectivity index (χ0n) is 9.56. The molecule has 1 aromatic carbocycles. The highest BCUT2D eigenvalue weighted by Crippen LogP contribution is 2.18. The first-order valence-corrected chi connectivity index (χ1v) is 5.40. The second-order valence-electron chi connectivity index (χ2n) is 3.89. The van der Waals surface area contributed by atoms with Crippen molar-refractivity contribution in [2.45, 2.75) is 26.7 Å². The molecular weight excluding hydrogens is 204 g/mol. The molecule has 1 rings (SSSR count). The summed E-state index contributed by atoms with van der Waals surface area (Å²) in [6.45, 7) is 3.72. The second kappa shape index (κ2) is 5.45. The number of hydrogen-bond donors (Lipinski definition) is 1. The summed E-state index contributed by atoms with van der Waals surface area (Å²) in [6, 6.07) is 6.28. The van der Waals surface area contributed by atoms with E-state index in [4.69, 9.17) is 0 Å². The largest absolute Gasteiger partial charge is 0.507 e. The fourth-order valence-corrected chi connectivity index (χ4v) is 1.36. The molecule has 16 heavy (non-hydrogen) atoms. The lowest BCUT2D eigenvalue weighted by Crippen LogP contribution is -2.15. The molecule has 0 aliphatic rings. The molecule has 0 aliphatic carbocycles. The Morgan fingerprint density at radius 1 is 1.31 bits per heavy atom. The number of phenols is 1. The Bertz CT molecular complexity index is 396. The minimum atomic E-state index is -0.316. The lowest BCUT2D eigenvalue weighted by Gasteiger charge is -2.07. The molecule has 3 nitrogen and oxygen atoms in total. The first kappa shape index (κ1) is 12.4. The second-order valence-corrected chi connectivity index (χ2v) is 3.89. The topological polar surface area (TPSA) is 54.4 Å². The molecule has 0 aromatic heterocycles. The van der Waals surface area contributed by atoms with E-state index in [1.807, 2.05) is 6.92 Å². The highest BCUT2D eigenvalue weighted by molar-refractivity contribution is 6.09. The van der Waals surface area contributed by atoms with Gasteiger partial charge in [-0.2, -0.15) is 0 Å². The number of para-hydroxylation sites is 1. The van der Waals surface area contributed by atoms with Crippen LogP contribution in [0.15, 0.2) is 24.3 Å². The Kier molecular flexibility index (Phi) is 4.23. The smallest absolute Gasteiger partial charge is 0.173 e. The number of carbonyl (C=O) groups excluding carboxylic acids is 2.